The van der Waals surface area contributed by atoms with Gasteiger partial charge in [0.05, 0.1) is 28.8 Å². The molecule has 2 aromatic rings. The second kappa shape index (κ2) is 6.73. The van der Waals surface area contributed by atoms with E-state index in [1.165, 1.54) is 0 Å². The topological polar surface area (TPSA) is 73.0 Å². The summed E-state index contributed by atoms with van der Waals surface area (Å²) in [5.41, 5.74) is -1.23. The molecular formula is C16H17F3N4O2. The van der Waals surface area contributed by atoms with E-state index < -0.39 is 22.4 Å². The first-order valence-electron chi connectivity index (χ1n) is 7.98. The quantitative estimate of drug-likeness (QED) is 0.632. The van der Waals surface area contributed by atoms with Crippen molar-refractivity contribution in [3.63, 3.8) is 0 Å². The normalized spacial score (nSPS) is 15.5. The van der Waals surface area contributed by atoms with Crippen LogP contribution in [0, 0.1) is 10.1 Å². The van der Waals surface area contributed by atoms with Gasteiger partial charge in [0.15, 0.2) is 0 Å². The molecule has 1 aromatic carbocycles. The molecular weight excluding hydrogens is 337 g/mol. The molecule has 3 rings (SSSR count). The smallest absolute Gasteiger partial charge is 0.379 e. The first kappa shape index (κ1) is 17.2. The Morgan fingerprint density at radius 1 is 1.28 bits per heavy atom. The van der Waals surface area contributed by atoms with E-state index in [0.717, 1.165) is 37.8 Å². The van der Waals surface area contributed by atoms with Crippen LogP contribution in [-0.2, 0) is 12.7 Å². The number of rotatable bonds is 5. The van der Waals surface area contributed by atoms with Crippen molar-refractivity contribution in [1.29, 1.82) is 0 Å². The van der Waals surface area contributed by atoms with Crippen LogP contribution in [0.3, 0.4) is 0 Å². The van der Waals surface area contributed by atoms with Gasteiger partial charge in [0.25, 0.3) is 5.69 Å². The second-order valence-corrected chi connectivity index (χ2v) is 6.06. The van der Waals surface area contributed by atoms with E-state index in [4.69, 9.17) is 0 Å². The van der Waals surface area contributed by atoms with Gasteiger partial charge in [-0.2, -0.15) is 18.3 Å². The van der Waals surface area contributed by atoms with E-state index in [0.29, 0.717) is 17.8 Å². The molecule has 0 amide bonds. The molecule has 6 nitrogen and oxygen atoms in total. The Hall–Kier alpha value is -2.58. The van der Waals surface area contributed by atoms with Crippen molar-refractivity contribution in [2.75, 3.05) is 5.32 Å². The van der Waals surface area contributed by atoms with Gasteiger partial charge in [-0.3, -0.25) is 14.8 Å². The van der Waals surface area contributed by atoms with Crippen molar-refractivity contribution in [1.82, 2.24) is 9.78 Å². The zero-order chi connectivity index (χ0) is 18.0. The van der Waals surface area contributed by atoms with Crippen LogP contribution in [0.5, 0.6) is 0 Å². The maximum atomic E-state index is 13.1. The Labute approximate surface area is 141 Å². The Balaban J connectivity index is 1.75. The predicted octanol–water partition coefficient (Wildman–Crippen LogP) is 4.54. The fraction of sp³-hybridized carbons (Fsp3) is 0.438. The Bertz CT molecular complexity index is 767. The van der Waals surface area contributed by atoms with Crippen LogP contribution >= 0.6 is 0 Å². The molecule has 1 saturated carbocycles. The van der Waals surface area contributed by atoms with Crippen molar-refractivity contribution >= 4 is 11.4 Å². The zero-order valence-corrected chi connectivity index (χ0v) is 13.3. The molecule has 0 bridgehead atoms. The summed E-state index contributed by atoms with van der Waals surface area (Å²) in [5.74, 6) is 0. The molecule has 1 aromatic heterocycles. The lowest BCUT2D eigenvalue weighted by Gasteiger charge is -2.14. The maximum absolute atomic E-state index is 13.1. The molecule has 9 heteroatoms. The number of nitro groups is 1. The Kier molecular flexibility index (Phi) is 4.65. The summed E-state index contributed by atoms with van der Waals surface area (Å²) < 4.78 is 41.3. The zero-order valence-electron chi connectivity index (χ0n) is 13.3. The lowest BCUT2D eigenvalue weighted by atomic mass is 10.1. The van der Waals surface area contributed by atoms with Gasteiger partial charge >= 0.3 is 6.18 Å². The molecule has 0 radical (unpaired) electrons. The van der Waals surface area contributed by atoms with Crippen molar-refractivity contribution < 1.29 is 18.1 Å². The summed E-state index contributed by atoms with van der Waals surface area (Å²) >= 11 is 0. The number of nitrogens with one attached hydrogen (secondary N) is 1. The number of non-ortho nitro benzene ring substituents is 1. The Morgan fingerprint density at radius 2 is 2.00 bits per heavy atom. The minimum atomic E-state index is -4.68. The summed E-state index contributed by atoms with van der Waals surface area (Å²) in [6.45, 7) is 0.112. The van der Waals surface area contributed by atoms with Gasteiger partial charge in [-0.15, -0.1) is 0 Å². The van der Waals surface area contributed by atoms with E-state index in [1.807, 2.05) is 10.9 Å². The molecule has 0 saturated heterocycles. The first-order chi connectivity index (χ1) is 11.8. The lowest BCUT2D eigenvalue weighted by molar-refractivity contribution is -0.385. The van der Waals surface area contributed by atoms with Crippen molar-refractivity contribution in [3.8, 4) is 0 Å². The van der Waals surface area contributed by atoms with Crippen LogP contribution in [0.25, 0.3) is 0 Å². The average molecular weight is 354 g/mol. The number of anilines is 1. The van der Waals surface area contributed by atoms with Crippen molar-refractivity contribution in [2.45, 2.75) is 44.4 Å². The minimum absolute atomic E-state index is 0.112. The highest BCUT2D eigenvalue weighted by Crippen LogP contribution is 2.37. The van der Waals surface area contributed by atoms with Crippen LogP contribution in [0.15, 0.2) is 30.5 Å². The standard InChI is InChI=1S/C16H17F3N4O2/c17-16(18,19)14-9-13(23(24)25)5-6-15(14)20-10-11-7-8-22(21-11)12-3-1-2-4-12/h5-9,12,20H,1-4,10H2. The van der Waals surface area contributed by atoms with Crippen LogP contribution in [0.2, 0.25) is 0 Å². The SMILES string of the molecule is O=[N+]([O-])c1ccc(NCc2ccn(C3CCCC3)n2)c(C(F)(F)F)c1. The number of hydrogen-bond donors (Lipinski definition) is 1. The van der Waals surface area contributed by atoms with Gasteiger partial charge in [-0.05, 0) is 25.0 Å². The first-order valence-corrected chi connectivity index (χ1v) is 7.98. The van der Waals surface area contributed by atoms with Gasteiger partial charge in [0, 0.05) is 24.0 Å². The van der Waals surface area contributed by atoms with Crippen molar-refractivity contribution in [3.05, 3.63) is 51.8 Å². The highest BCUT2D eigenvalue weighted by molar-refractivity contribution is 5.57. The molecule has 0 spiro atoms. The molecule has 1 N–H and O–H groups in total. The maximum Gasteiger partial charge on any atom is 0.418 e. The largest absolute Gasteiger partial charge is 0.418 e. The van der Waals surface area contributed by atoms with Crippen LogP contribution < -0.4 is 5.32 Å². The van der Waals surface area contributed by atoms with Crippen LogP contribution in [-0.4, -0.2) is 14.7 Å². The van der Waals surface area contributed by atoms with Crippen molar-refractivity contribution in [2.24, 2.45) is 0 Å². The molecule has 1 aliphatic carbocycles. The molecule has 1 heterocycles. The van der Waals surface area contributed by atoms with Gasteiger partial charge in [-0.1, -0.05) is 12.8 Å². The number of halogens is 3. The molecule has 134 valence electrons. The number of alkyl halides is 3. The van der Waals surface area contributed by atoms with E-state index in [2.05, 4.69) is 10.4 Å². The summed E-state index contributed by atoms with van der Waals surface area (Å²) in [7, 11) is 0. The van der Waals surface area contributed by atoms with Crippen LogP contribution in [0.4, 0.5) is 24.5 Å². The highest BCUT2D eigenvalue weighted by Gasteiger charge is 2.35. The van der Waals surface area contributed by atoms with E-state index in [-0.39, 0.29) is 12.2 Å². The molecule has 0 aliphatic heterocycles. The van der Waals surface area contributed by atoms with Gasteiger partial charge in [0.2, 0.25) is 0 Å². The minimum Gasteiger partial charge on any atom is -0.379 e. The summed E-state index contributed by atoms with van der Waals surface area (Å²) in [5, 5.41) is 17.8. The second-order valence-electron chi connectivity index (χ2n) is 6.06. The number of nitrogens with zero attached hydrogens (tertiary/aromatic N) is 3. The van der Waals surface area contributed by atoms with Gasteiger partial charge < -0.3 is 5.32 Å². The Morgan fingerprint density at radius 3 is 2.64 bits per heavy atom. The predicted molar refractivity (Wildman–Crippen MR) is 85.2 cm³/mol. The molecule has 1 fully saturated rings. The lowest BCUT2D eigenvalue weighted by Crippen LogP contribution is -2.12. The van der Waals surface area contributed by atoms with E-state index in [9.17, 15) is 23.3 Å². The number of aromatic nitrogens is 2. The molecule has 0 atom stereocenters. The van der Waals surface area contributed by atoms with E-state index in [1.54, 1.807) is 6.07 Å². The molecule has 0 unspecified atom stereocenters. The number of nitro benzene ring substituents is 1. The summed E-state index contributed by atoms with van der Waals surface area (Å²) in [6.07, 6.45) is 1.61. The number of benzene rings is 1. The van der Waals surface area contributed by atoms with Gasteiger partial charge in [-0.25, -0.2) is 0 Å². The third-order valence-electron chi connectivity index (χ3n) is 4.34. The summed E-state index contributed by atoms with van der Waals surface area (Å²) in [6, 6.07) is 4.80. The van der Waals surface area contributed by atoms with E-state index >= 15 is 0 Å². The average Bonchev–Trinajstić information content (AvgIpc) is 3.23. The monoisotopic (exact) mass is 354 g/mol. The third-order valence-corrected chi connectivity index (χ3v) is 4.34. The van der Waals surface area contributed by atoms with Gasteiger partial charge in [0.1, 0.15) is 0 Å². The fourth-order valence-electron chi connectivity index (χ4n) is 3.06. The highest BCUT2D eigenvalue weighted by atomic mass is 19.4. The molecule has 1 aliphatic rings. The third kappa shape index (κ3) is 3.92. The number of hydrogen-bond acceptors (Lipinski definition) is 4. The summed E-state index contributed by atoms with van der Waals surface area (Å²) in [4.78, 5) is 9.86. The molecule has 25 heavy (non-hydrogen) atoms. The fourth-order valence-corrected chi connectivity index (χ4v) is 3.06. The van der Waals surface area contributed by atoms with Crippen LogP contribution in [0.1, 0.15) is 43.0 Å².